The molecule has 0 radical (unpaired) electrons. The quantitative estimate of drug-likeness (QED) is 0.778. The Kier molecular flexibility index (Phi) is 3.56. The van der Waals surface area contributed by atoms with E-state index in [-0.39, 0.29) is 5.41 Å². The highest BCUT2D eigenvalue weighted by atomic mass is 79.9. The van der Waals surface area contributed by atoms with Gasteiger partial charge in [-0.1, -0.05) is 36.7 Å². The Balaban J connectivity index is 2.39. The van der Waals surface area contributed by atoms with Crippen LogP contribution in [0, 0.1) is 12.3 Å². The van der Waals surface area contributed by atoms with Crippen molar-refractivity contribution in [2.24, 2.45) is 5.41 Å². The fraction of sp³-hybridized carbons (Fsp3) is 0.467. The monoisotopic (exact) mass is 323 g/mol. The Morgan fingerprint density at radius 3 is 2.42 bits per heavy atom. The molecule has 2 rings (SSSR count). The van der Waals surface area contributed by atoms with Crippen molar-refractivity contribution in [1.82, 2.24) is 0 Å². The van der Waals surface area contributed by atoms with E-state index in [0.717, 1.165) is 22.1 Å². The van der Waals surface area contributed by atoms with Crippen molar-refractivity contribution in [3.8, 4) is 0 Å². The predicted octanol–water partition coefficient (Wildman–Crippen LogP) is 3.72. The molecule has 0 saturated heterocycles. The second kappa shape index (κ2) is 4.75. The molecule has 0 bridgehead atoms. The van der Waals surface area contributed by atoms with Gasteiger partial charge in [-0.05, 0) is 36.5 Å². The van der Waals surface area contributed by atoms with Crippen LogP contribution in [0.5, 0.6) is 0 Å². The van der Waals surface area contributed by atoms with E-state index in [4.69, 9.17) is 0 Å². The first-order chi connectivity index (χ1) is 8.70. The lowest BCUT2D eigenvalue weighted by atomic mass is 9.92. The average molecular weight is 324 g/mol. The van der Waals surface area contributed by atoms with Crippen LogP contribution in [0.2, 0.25) is 0 Å². The number of Topliss-reactive ketones (excluding diaryl/α,β-unsaturated/α-hetero) is 1. The molecule has 0 N–H and O–H groups in total. The van der Waals surface area contributed by atoms with Crippen molar-refractivity contribution < 1.29 is 9.59 Å². The second-order valence-electron chi connectivity index (χ2n) is 6.22. The van der Waals surface area contributed by atoms with Crippen molar-refractivity contribution in [1.29, 1.82) is 0 Å². The molecule has 19 heavy (non-hydrogen) atoms. The van der Waals surface area contributed by atoms with Crippen molar-refractivity contribution in [2.75, 3.05) is 11.4 Å². The van der Waals surface area contributed by atoms with E-state index in [1.165, 1.54) is 0 Å². The minimum atomic E-state index is -0.402. The topological polar surface area (TPSA) is 37.4 Å². The maximum Gasteiger partial charge on any atom is 0.299 e. The molecular formula is C15H18BrNO2. The predicted molar refractivity (Wildman–Crippen MR) is 79.6 cm³/mol. The van der Waals surface area contributed by atoms with Gasteiger partial charge in [0.1, 0.15) is 0 Å². The molecule has 0 fully saturated rings. The van der Waals surface area contributed by atoms with Gasteiger partial charge in [0.25, 0.3) is 11.7 Å². The number of benzene rings is 1. The third kappa shape index (κ3) is 2.73. The van der Waals surface area contributed by atoms with Crippen molar-refractivity contribution >= 4 is 33.3 Å². The van der Waals surface area contributed by atoms with Gasteiger partial charge in [-0.2, -0.15) is 0 Å². The number of amides is 1. The molecule has 1 amide bonds. The summed E-state index contributed by atoms with van der Waals surface area (Å²) in [7, 11) is 0. The van der Waals surface area contributed by atoms with Gasteiger partial charge in [-0.3, -0.25) is 9.59 Å². The maximum absolute atomic E-state index is 12.1. The number of halogens is 1. The van der Waals surface area contributed by atoms with Crippen LogP contribution in [0.1, 0.15) is 43.1 Å². The van der Waals surface area contributed by atoms with Gasteiger partial charge in [0, 0.05) is 11.0 Å². The van der Waals surface area contributed by atoms with Crippen LogP contribution in [0.15, 0.2) is 16.6 Å². The standard InChI is InChI=1S/C15H18BrNO2/c1-9-7-10(16)8-11-12(9)17(14(19)13(11)18)6-5-15(2,3)4/h7-8H,5-6H2,1-4H3. The second-order valence-corrected chi connectivity index (χ2v) is 7.13. The number of rotatable bonds is 2. The number of carbonyl (C=O) groups excluding carboxylic acids is 2. The molecule has 1 heterocycles. The van der Waals surface area contributed by atoms with Gasteiger partial charge < -0.3 is 4.90 Å². The fourth-order valence-electron chi connectivity index (χ4n) is 2.27. The summed E-state index contributed by atoms with van der Waals surface area (Å²) >= 11 is 3.37. The molecule has 1 aromatic rings. The number of nitrogens with zero attached hydrogens (tertiary/aromatic N) is 1. The Morgan fingerprint density at radius 2 is 1.84 bits per heavy atom. The van der Waals surface area contributed by atoms with E-state index >= 15 is 0 Å². The van der Waals surface area contributed by atoms with Crippen LogP contribution in [0.3, 0.4) is 0 Å². The Hall–Kier alpha value is -1.16. The Morgan fingerprint density at radius 1 is 1.21 bits per heavy atom. The summed E-state index contributed by atoms with van der Waals surface area (Å²) in [5.41, 5.74) is 2.39. The van der Waals surface area contributed by atoms with Crippen LogP contribution in [-0.4, -0.2) is 18.2 Å². The SMILES string of the molecule is Cc1cc(Br)cc2c1N(CCC(C)(C)C)C(=O)C2=O. The average Bonchev–Trinajstić information content (AvgIpc) is 2.50. The summed E-state index contributed by atoms with van der Waals surface area (Å²) in [5.74, 6) is -0.797. The molecule has 3 nitrogen and oxygen atoms in total. The van der Waals surface area contributed by atoms with Crippen LogP contribution in [0.25, 0.3) is 0 Å². The normalized spacial score (nSPS) is 15.1. The largest absolute Gasteiger partial charge is 0.304 e. The molecule has 1 aromatic carbocycles. The molecule has 1 aliphatic heterocycles. The summed E-state index contributed by atoms with van der Waals surface area (Å²) in [6.45, 7) is 8.91. The summed E-state index contributed by atoms with van der Waals surface area (Å²) in [6, 6.07) is 3.68. The molecule has 0 aliphatic carbocycles. The molecular weight excluding hydrogens is 306 g/mol. The van der Waals surface area contributed by atoms with Crippen LogP contribution in [0.4, 0.5) is 5.69 Å². The maximum atomic E-state index is 12.1. The fourth-order valence-corrected chi connectivity index (χ4v) is 2.84. The third-order valence-electron chi connectivity index (χ3n) is 3.30. The van der Waals surface area contributed by atoms with E-state index in [1.807, 2.05) is 13.0 Å². The zero-order valence-corrected chi connectivity index (χ0v) is 13.3. The zero-order chi connectivity index (χ0) is 14.4. The van der Waals surface area contributed by atoms with Crippen LogP contribution >= 0.6 is 15.9 Å². The molecule has 4 heteroatoms. The lowest BCUT2D eigenvalue weighted by molar-refractivity contribution is -0.114. The van der Waals surface area contributed by atoms with E-state index in [0.29, 0.717) is 12.1 Å². The van der Waals surface area contributed by atoms with Crippen LogP contribution in [-0.2, 0) is 4.79 Å². The molecule has 0 saturated carbocycles. The van der Waals surface area contributed by atoms with Gasteiger partial charge in [-0.15, -0.1) is 0 Å². The third-order valence-corrected chi connectivity index (χ3v) is 3.76. The van der Waals surface area contributed by atoms with E-state index in [9.17, 15) is 9.59 Å². The molecule has 102 valence electrons. The summed E-state index contributed by atoms with van der Waals surface area (Å²) in [5, 5.41) is 0. The smallest absolute Gasteiger partial charge is 0.299 e. The minimum Gasteiger partial charge on any atom is -0.304 e. The first-order valence-electron chi connectivity index (χ1n) is 6.37. The summed E-state index contributed by atoms with van der Waals surface area (Å²) in [6.07, 6.45) is 0.862. The highest BCUT2D eigenvalue weighted by molar-refractivity contribution is 9.10. The summed E-state index contributed by atoms with van der Waals surface area (Å²) in [4.78, 5) is 25.8. The number of carbonyl (C=O) groups is 2. The first kappa shape index (κ1) is 14.3. The van der Waals surface area contributed by atoms with E-state index < -0.39 is 11.7 Å². The highest BCUT2D eigenvalue weighted by Crippen LogP contribution is 2.35. The van der Waals surface area contributed by atoms with Gasteiger partial charge >= 0.3 is 0 Å². The Bertz CT molecular complexity index is 558. The van der Waals surface area contributed by atoms with Crippen LogP contribution < -0.4 is 4.90 Å². The number of anilines is 1. The van der Waals surface area contributed by atoms with Crippen molar-refractivity contribution in [2.45, 2.75) is 34.1 Å². The lowest BCUT2D eigenvalue weighted by Gasteiger charge is -2.24. The van der Waals surface area contributed by atoms with E-state index in [1.54, 1.807) is 11.0 Å². The van der Waals surface area contributed by atoms with Gasteiger partial charge in [0.2, 0.25) is 0 Å². The number of hydrogen-bond donors (Lipinski definition) is 0. The van der Waals surface area contributed by atoms with Gasteiger partial charge in [-0.25, -0.2) is 0 Å². The molecule has 0 unspecified atom stereocenters. The molecule has 0 atom stereocenters. The van der Waals surface area contributed by atoms with Crippen molar-refractivity contribution in [3.63, 3.8) is 0 Å². The number of fused-ring (bicyclic) bond motifs is 1. The van der Waals surface area contributed by atoms with Crippen molar-refractivity contribution in [3.05, 3.63) is 27.7 Å². The zero-order valence-electron chi connectivity index (χ0n) is 11.7. The van der Waals surface area contributed by atoms with E-state index in [2.05, 4.69) is 36.7 Å². The molecule has 0 spiro atoms. The first-order valence-corrected chi connectivity index (χ1v) is 7.16. The van der Waals surface area contributed by atoms with Gasteiger partial charge in [0.05, 0.1) is 11.3 Å². The molecule has 1 aliphatic rings. The highest BCUT2D eigenvalue weighted by Gasteiger charge is 2.37. The molecule has 0 aromatic heterocycles. The number of ketones is 1. The minimum absolute atomic E-state index is 0.134. The summed E-state index contributed by atoms with van der Waals surface area (Å²) < 4.78 is 0.836. The lowest BCUT2D eigenvalue weighted by Crippen LogP contribution is -2.32. The number of hydrogen-bond acceptors (Lipinski definition) is 2. The number of aryl methyl sites for hydroxylation is 1. The van der Waals surface area contributed by atoms with Gasteiger partial charge in [0.15, 0.2) is 0 Å². The Labute approximate surface area is 122 Å².